The number of nitrogens with zero attached hydrogens (tertiary/aromatic N) is 3. The number of aryl methyl sites for hydroxylation is 3. The third-order valence-corrected chi connectivity index (χ3v) is 6.79. The van der Waals surface area contributed by atoms with Crippen molar-refractivity contribution >= 4 is 27.8 Å². The Morgan fingerprint density at radius 3 is 2.25 bits per heavy atom. The lowest BCUT2D eigenvalue weighted by Gasteiger charge is -2.16. The van der Waals surface area contributed by atoms with Gasteiger partial charge in [0.2, 0.25) is 10.0 Å². The van der Waals surface area contributed by atoms with E-state index in [1.807, 2.05) is 19.9 Å². The van der Waals surface area contributed by atoms with Crippen LogP contribution in [0, 0.1) is 27.7 Å². The van der Waals surface area contributed by atoms with Crippen LogP contribution < -0.4 is 9.73 Å². The highest BCUT2D eigenvalue weighted by atomic mass is 32.2. The molecule has 0 atom stereocenters. The topological polar surface area (TPSA) is 83.8 Å². The molecule has 1 heterocycles. The van der Waals surface area contributed by atoms with E-state index in [-0.39, 0.29) is 5.91 Å². The first-order chi connectivity index (χ1) is 15.0. The molecule has 8 heteroatoms. The number of hydrogen-bond donors (Lipinski definition) is 1. The lowest BCUT2D eigenvalue weighted by Crippen LogP contribution is -2.25. The fourth-order valence-electron chi connectivity index (χ4n) is 3.42. The van der Waals surface area contributed by atoms with Crippen molar-refractivity contribution in [3.05, 3.63) is 82.2 Å². The maximum absolute atomic E-state index is 12.4. The van der Waals surface area contributed by atoms with E-state index in [4.69, 9.17) is 0 Å². The van der Waals surface area contributed by atoms with Crippen LogP contribution in [0.2, 0.25) is 0 Å². The summed E-state index contributed by atoms with van der Waals surface area (Å²) in [6, 6.07) is 14.7. The molecule has 0 spiro atoms. The Morgan fingerprint density at radius 2 is 1.66 bits per heavy atom. The summed E-state index contributed by atoms with van der Waals surface area (Å²) in [5.41, 5.74) is 9.96. The molecule has 1 N–H and O–H groups in total. The Morgan fingerprint density at radius 1 is 1.00 bits per heavy atom. The molecule has 168 valence electrons. The van der Waals surface area contributed by atoms with Gasteiger partial charge in [-0.1, -0.05) is 6.07 Å². The van der Waals surface area contributed by atoms with Crippen molar-refractivity contribution in [2.45, 2.75) is 27.7 Å². The Labute approximate surface area is 189 Å². The number of carbonyl (C=O) groups excluding carboxylic acids is 1. The minimum absolute atomic E-state index is 0.377. The number of benzene rings is 2. The Hall–Kier alpha value is -3.39. The van der Waals surface area contributed by atoms with Gasteiger partial charge in [0.15, 0.2) is 0 Å². The van der Waals surface area contributed by atoms with E-state index < -0.39 is 10.0 Å². The summed E-state index contributed by atoms with van der Waals surface area (Å²) in [4.78, 5) is 12.4. The Balaban J connectivity index is 1.74. The van der Waals surface area contributed by atoms with Crippen LogP contribution in [0.3, 0.4) is 0 Å². The van der Waals surface area contributed by atoms with Gasteiger partial charge in [-0.05, 0) is 81.3 Å². The van der Waals surface area contributed by atoms with Crippen LogP contribution in [0.5, 0.6) is 0 Å². The smallest absolute Gasteiger partial charge is 0.271 e. The van der Waals surface area contributed by atoms with Gasteiger partial charge in [-0.25, -0.2) is 13.8 Å². The summed E-state index contributed by atoms with van der Waals surface area (Å²) in [5, 5.41) is 4.11. The molecule has 0 radical (unpaired) electrons. The van der Waals surface area contributed by atoms with E-state index in [0.717, 1.165) is 33.2 Å². The second-order valence-corrected chi connectivity index (χ2v) is 9.92. The number of anilines is 1. The number of amides is 1. The SMILES string of the molecule is Cc1ccc(-n2c(C)cc(/C=N\NC(=O)c3ccc(N(C)S(C)(=O)=O)cc3)c2C)cc1C. The van der Waals surface area contributed by atoms with E-state index in [2.05, 4.69) is 47.1 Å². The summed E-state index contributed by atoms with van der Waals surface area (Å²) in [7, 11) is -1.90. The molecule has 7 nitrogen and oxygen atoms in total. The van der Waals surface area contributed by atoms with E-state index in [1.165, 1.54) is 18.2 Å². The maximum Gasteiger partial charge on any atom is 0.271 e. The van der Waals surface area contributed by atoms with Crippen molar-refractivity contribution in [3.8, 4) is 5.69 Å². The number of hydrazone groups is 1. The maximum atomic E-state index is 12.4. The Kier molecular flexibility index (Phi) is 6.55. The fraction of sp³-hybridized carbons (Fsp3) is 0.250. The van der Waals surface area contributed by atoms with Gasteiger partial charge >= 0.3 is 0 Å². The molecular formula is C24H28N4O3S. The normalized spacial score (nSPS) is 11.7. The zero-order chi connectivity index (χ0) is 23.6. The van der Waals surface area contributed by atoms with Crippen LogP contribution in [0.1, 0.15) is 38.4 Å². The minimum atomic E-state index is -3.36. The predicted molar refractivity (Wildman–Crippen MR) is 129 cm³/mol. The van der Waals surface area contributed by atoms with Crippen LogP contribution in [0.4, 0.5) is 5.69 Å². The highest BCUT2D eigenvalue weighted by molar-refractivity contribution is 7.92. The minimum Gasteiger partial charge on any atom is -0.318 e. The lowest BCUT2D eigenvalue weighted by molar-refractivity contribution is 0.0955. The summed E-state index contributed by atoms with van der Waals surface area (Å²) in [6.45, 7) is 8.24. The molecule has 0 aliphatic carbocycles. The van der Waals surface area contributed by atoms with Crippen molar-refractivity contribution in [2.24, 2.45) is 5.10 Å². The second-order valence-electron chi connectivity index (χ2n) is 7.91. The standard InChI is InChI=1S/C24H28N4O3S/c1-16-7-10-23(13-17(16)2)28-18(3)14-21(19(28)4)15-25-26-24(29)20-8-11-22(12-9-20)27(5)32(6,30)31/h7-15H,1-6H3,(H,26,29)/b25-15-. The fourth-order valence-corrected chi connectivity index (χ4v) is 3.92. The summed E-state index contributed by atoms with van der Waals surface area (Å²) < 4.78 is 26.6. The molecule has 0 fully saturated rings. The van der Waals surface area contributed by atoms with Gasteiger partial charge in [0.25, 0.3) is 5.91 Å². The first-order valence-electron chi connectivity index (χ1n) is 10.1. The number of rotatable bonds is 6. The Bertz CT molecular complexity index is 1290. The largest absolute Gasteiger partial charge is 0.318 e. The zero-order valence-corrected chi connectivity index (χ0v) is 20.0. The monoisotopic (exact) mass is 452 g/mol. The van der Waals surface area contributed by atoms with Crippen molar-refractivity contribution in [1.82, 2.24) is 9.99 Å². The lowest BCUT2D eigenvalue weighted by atomic mass is 10.1. The molecule has 2 aromatic carbocycles. The summed E-state index contributed by atoms with van der Waals surface area (Å²) in [6.07, 6.45) is 2.75. The molecule has 0 bridgehead atoms. The van der Waals surface area contributed by atoms with E-state index >= 15 is 0 Å². The first kappa shape index (κ1) is 23.3. The average molecular weight is 453 g/mol. The van der Waals surface area contributed by atoms with Crippen LogP contribution >= 0.6 is 0 Å². The molecule has 0 saturated carbocycles. The van der Waals surface area contributed by atoms with Crippen molar-refractivity contribution in [1.29, 1.82) is 0 Å². The number of hydrogen-bond acceptors (Lipinski definition) is 4. The number of sulfonamides is 1. The third-order valence-electron chi connectivity index (χ3n) is 5.58. The molecule has 0 saturated heterocycles. The molecule has 3 rings (SSSR count). The average Bonchev–Trinajstić information content (AvgIpc) is 3.02. The van der Waals surface area contributed by atoms with Crippen LogP contribution in [0.25, 0.3) is 5.69 Å². The van der Waals surface area contributed by atoms with E-state index in [1.54, 1.807) is 30.5 Å². The highest BCUT2D eigenvalue weighted by Gasteiger charge is 2.13. The van der Waals surface area contributed by atoms with Gasteiger partial charge in [-0.3, -0.25) is 9.10 Å². The summed E-state index contributed by atoms with van der Waals surface area (Å²) in [5.74, 6) is -0.377. The van der Waals surface area contributed by atoms with Crippen LogP contribution in [-0.4, -0.2) is 38.4 Å². The van der Waals surface area contributed by atoms with Gasteiger partial charge in [0, 0.05) is 35.2 Å². The quantitative estimate of drug-likeness (QED) is 0.455. The van der Waals surface area contributed by atoms with Crippen molar-refractivity contribution < 1.29 is 13.2 Å². The van der Waals surface area contributed by atoms with Crippen molar-refractivity contribution in [2.75, 3.05) is 17.6 Å². The molecular weight excluding hydrogens is 424 g/mol. The van der Waals surface area contributed by atoms with Gasteiger partial charge in [0.05, 0.1) is 18.2 Å². The van der Waals surface area contributed by atoms with Gasteiger partial charge < -0.3 is 4.57 Å². The number of carbonyl (C=O) groups is 1. The first-order valence-corrected chi connectivity index (χ1v) is 12.0. The second kappa shape index (κ2) is 9.00. The molecule has 0 unspecified atom stereocenters. The van der Waals surface area contributed by atoms with Crippen LogP contribution in [0.15, 0.2) is 53.6 Å². The van der Waals surface area contributed by atoms with Gasteiger partial charge in [0.1, 0.15) is 0 Å². The predicted octanol–water partition coefficient (Wildman–Crippen LogP) is 3.87. The molecule has 1 amide bonds. The molecule has 3 aromatic rings. The number of nitrogens with one attached hydrogen (secondary N) is 1. The van der Waals surface area contributed by atoms with Crippen LogP contribution in [-0.2, 0) is 10.0 Å². The molecule has 0 aliphatic heterocycles. The van der Waals surface area contributed by atoms with E-state index in [0.29, 0.717) is 11.3 Å². The van der Waals surface area contributed by atoms with Crippen molar-refractivity contribution in [3.63, 3.8) is 0 Å². The highest BCUT2D eigenvalue weighted by Crippen LogP contribution is 2.22. The number of aromatic nitrogens is 1. The molecule has 1 aromatic heterocycles. The third kappa shape index (κ3) is 4.91. The van der Waals surface area contributed by atoms with E-state index in [9.17, 15) is 13.2 Å². The van der Waals surface area contributed by atoms with Gasteiger partial charge in [-0.15, -0.1) is 0 Å². The molecule has 32 heavy (non-hydrogen) atoms. The summed E-state index contributed by atoms with van der Waals surface area (Å²) >= 11 is 0. The molecule has 0 aliphatic rings. The van der Waals surface area contributed by atoms with Gasteiger partial charge in [-0.2, -0.15) is 5.10 Å². The zero-order valence-electron chi connectivity index (χ0n) is 19.2.